The highest BCUT2D eigenvalue weighted by Gasteiger charge is 2.15. The molecule has 0 aliphatic heterocycles. The molecule has 0 spiro atoms. The first kappa shape index (κ1) is 14.2. The summed E-state index contributed by atoms with van der Waals surface area (Å²) < 4.78 is 0.984. The van der Waals surface area contributed by atoms with E-state index in [1.165, 1.54) is 0 Å². The molecule has 0 atom stereocenters. The Balaban J connectivity index is 1.79. The summed E-state index contributed by atoms with van der Waals surface area (Å²) in [6, 6.07) is 15.4. The summed E-state index contributed by atoms with van der Waals surface area (Å²) in [7, 11) is 0. The molecular formula is C16H12BrClN2O. The molecule has 21 heavy (non-hydrogen) atoms. The lowest BCUT2D eigenvalue weighted by atomic mass is 10.2. The maximum absolute atomic E-state index is 12.3. The van der Waals surface area contributed by atoms with E-state index in [1.807, 2.05) is 48.5 Å². The highest BCUT2D eigenvalue weighted by atomic mass is 79.9. The van der Waals surface area contributed by atoms with Crippen molar-refractivity contribution >= 4 is 44.3 Å². The molecule has 106 valence electrons. The molecule has 3 aromatic rings. The number of aromatic nitrogens is 1. The molecule has 2 N–H and O–H groups in total. The Morgan fingerprint density at radius 1 is 1.19 bits per heavy atom. The van der Waals surface area contributed by atoms with E-state index in [0.717, 1.165) is 20.9 Å². The molecule has 0 radical (unpaired) electrons. The second-order valence-corrected chi connectivity index (χ2v) is 5.97. The van der Waals surface area contributed by atoms with E-state index in [-0.39, 0.29) is 5.91 Å². The van der Waals surface area contributed by atoms with Crippen molar-refractivity contribution in [3.05, 3.63) is 69.3 Å². The Labute approximate surface area is 135 Å². The van der Waals surface area contributed by atoms with Gasteiger partial charge in [-0.05, 0) is 23.8 Å². The molecule has 1 amide bonds. The standard InChI is InChI=1S/C16H12BrClN2O/c17-11-5-3-4-10(8-11)9-19-16(21)15-14(18)12-6-1-2-7-13(12)20-15/h1-8,20H,9H2,(H,19,21). The van der Waals surface area contributed by atoms with E-state index in [9.17, 15) is 4.79 Å². The lowest BCUT2D eigenvalue weighted by Gasteiger charge is -2.05. The number of nitrogens with one attached hydrogen (secondary N) is 2. The molecule has 0 fully saturated rings. The molecule has 1 heterocycles. The van der Waals surface area contributed by atoms with Crippen LogP contribution in [0, 0.1) is 0 Å². The maximum atomic E-state index is 12.3. The summed E-state index contributed by atoms with van der Waals surface area (Å²) in [6.45, 7) is 0.448. The molecule has 0 aliphatic rings. The van der Waals surface area contributed by atoms with Crippen molar-refractivity contribution in [3.63, 3.8) is 0 Å². The minimum atomic E-state index is -0.212. The van der Waals surface area contributed by atoms with E-state index < -0.39 is 0 Å². The topological polar surface area (TPSA) is 44.9 Å². The maximum Gasteiger partial charge on any atom is 0.269 e. The minimum absolute atomic E-state index is 0.212. The number of benzene rings is 2. The zero-order valence-electron chi connectivity index (χ0n) is 11.0. The molecule has 2 aromatic carbocycles. The Morgan fingerprint density at radius 2 is 2.00 bits per heavy atom. The van der Waals surface area contributed by atoms with Crippen molar-refractivity contribution in [2.24, 2.45) is 0 Å². The number of halogens is 2. The molecular weight excluding hydrogens is 352 g/mol. The fourth-order valence-corrected chi connectivity index (χ4v) is 2.93. The van der Waals surface area contributed by atoms with Gasteiger partial charge in [0.1, 0.15) is 5.69 Å². The molecule has 3 rings (SSSR count). The third-order valence-corrected chi connectivity index (χ3v) is 4.10. The van der Waals surface area contributed by atoms with Crippen LogP contribution < -0.4 is 5.32 Å². The van der Waals surface area contributed by atoms with Crippen LogP contribution in [-0.4, -0.2) is 10.9 Å². The Kier molecular flexibility index (Phi) is 3.99. The number of H-pyrrole nitrogens is 1. The highest BCUT2D eigenvalue weighted by molar-refractivity contribution is 9.10. The van der Waals surface area contributed by atoms with Gasteiger partial charge >= 0.3 is 0 Å². The van der Waals surface area contributed by atoms with E-state index >= 15 is 0 Å². The summed E-state index contributed by atoms with van der Waals surface area (Å²) in [5.74, 6) is -0.212. The third kappa shape index (κ3) is 2.96. The van der Waals surface area contributed by atoms with Crippen LogP contribution in [0.1, 0.15) is 16.1 Å². The minimum Gasteiger partial charge on any atom is -0.349 e. The largest absolute Gasteiger partial charge is 0.349 e. The van der Waals surface area contributed by atoms with Gasteiger partial charge in [0.25, 0.3) is 5.91 Å². The fraction of sp³-hybridized carbons (Fsp3) is 0.0625. The number of aromatic amines is 1. The number of rotatable bonds is 3. The molecule has 0 saturated carbocycles. The van der Waals surface area contributed by atoms with Crippen LogP contribution in [-0.2, 0) is 6.54 Å². The first-order chi connectivity index (χ1) is 10.1. The number of hydrogen-bond acceptors (Lipinski definition) is 1. The predicted molar refractivity (Wildman–Crippen MR) is 88.6 cm³/mol. The number of para-hydroxylation sites is 1. The van der Waals surface area contributed by atoms with Gasteiger partial charge in [0.15, 0.2) is 0 Å². The SMILES string of the molecule is O=C(NCc1cccc(Br)c1)c1[nH]c2ccccc2c1Cl. The lowest BCUT2D eigenvalue weighted by molar-refractivity contribution is 0.0947. The van der Waals surface area contributed by atoms with E-state index in [1.54, 1.807) is 0 Å². The van der Waals surface area contributed by atoms with Crippen LogP contribution in [0.3, 0.4) is 0 Å². The third-order valence-electron chi connectivity index (χ3n) is 3.21. The molecule has 0 saturated heterocycles. The number of carbonyl (C=O) groups is 1. The van der Waals surface area contributed by atoms with Crippen molar-refractivity contribution in [1.82, 2.24) is 10.3 Å². The molecule has 0 aliphatic carbocycles. The summed E-state index contributed by atoms with van der Waals surface area (Å²) in [6.07, 6.45) is 0. The van der Waals surface area contributed by atoms with Gasteiger partial charge in [-0.15, -0.1) is 0 Å². The number of carbonyl (C=O) groups excluding carboxylic acids is 1. The lowest BCUT2D eigenvalue weighted by Crippen LogP contribution is -2.23. The number of fused-ring (bicyclic) bond motifs is 1. The van der Waals surface area contributed by atoms with Crippen LogP contribution >= 0.6 is 27.5 Å². The van der Waals surface area contributed by atoms with Gasteiger partial charge in [-0.1, -0.05) is 57.9 Å². The summed E-state index contributed by atoms with van der Waals surface area (Å²) in [5, 5.41) is 4.18. The van der Waals surface area contributed by atoms with Crippen LogP contribution in [0.15, 0.2) is 53.0 Å². The smallest absolute Gasteiger partial charge is 0.269 e. The highest BCUT2D eigenvalue weighted by Crippen LogP contribution is 2.27. The molecule has 0 bridgehead atoms. The van der Waals surface area contributed by atoms with Crippen LogP contribution in [0.25, 0.3) is 10.9 Å². The van der Waals surface area contributed by atoms with Crippen molar-refractivity contribution in [3.8, 4) is 0 Å². The van der Waals surface area contributed by atoms with Crippen molar-refractivity contribution in [2.45, 2.75) is 6.54 Å². The van der Waals surface area contributed by atoms with Gasteiger partial charge in [0, 0.05) is 21.9 Å². The second-order valence-electron chi connectivity index (χ2n) is 4.67. The number of hydrogen-bond donors (Lipinski definition) is 2. The second kappa shape index (κ2) is 5.92. The van der Waals surface area contributed by atoms with Crippen LogP contribution in [0.4, 0.5) is 0 Å². The molecule has 3 nitrogen and oxygen atoms in total. The zero-order chi connectivity index (χ0) is 14.8. The Bertz CT molecular complexity index is 813. The molecule has 1 aromatic heterocycles. The van der Waals surface area contributed by atoms with Crippen LogP contribution in [0.5, 0.6) is 0 Å². The first-order valence-electron chi connectivity index (χ1n) is 6.44. The summed E-state index contributed by atoms with van der Waals surface area (Å²) in [5.41, 5.74) is 2.27. The predicted octanol–water partition coefficient (Wildman–Crippen LogP) is 4.51. The Hall–Kier alpha value is -1.78. The monoisotopic (exact) mass is 362 g/mol. The Morgan fingerprint density at radius 3 is 2.76 bits per heavy atom. The van der Waals surface area contributed by atoms with Gasteiger partial charge < -0.3 is 10.3 Å². The van der Waals surface area contributed by atoms with Crippen LogP contribution in [0.2, 0.25) is 5.02 Å². The average molecular weight is 364 g/mol. The summed E-state index contributed by atoms with van der Waals surface area (Å²) >= 11 is 9.67. The van der Waals surface area contributed by atoms with Gasteiger partial charge in [-0.2, -0.15) is 0 Å². The van der Waals surface area contributed by atoms with Crippen molar-refractivity contribution in [2.75, 3.05) is 0 Å². The fourth-order valence-electron chi connectivity index (χ4n) is 2.18. The van der Waals surface area contributed by atoms with E-state index in [2.05, 4.69) is 26.2 Å². The quantitative estimate of drug-likeness (QED) is 0.706. The molecule has 5 heteroatoms. The zero-order valence-corrected chi connectivity index (χ0v) is 13.3. The van der Waals surface area contributed by atoms with Crippen molar-refractivity contribution in [1.29, 1.82) is 0 Å². The van der Waals surface area contributed by atoms with Gasteiger partial charge in [-0.25, -0.2) is 0 Å². The van der Waals surface area contributed by atoms with E-state index in [0.29, 0.717) is 17.3 Å². The normalized spacial score (nSPS) is 10.8. The first-order valence-corrected chi connectivity index (χ1v) is 7.61. The van der Waals surface area contributed by atoms with Gasteiger partial charge in [0.05, 0.1) is 5.02 Å². The number of amides is 1. The van der Waals surface area contributed by atoms with Gasteiger partial charge in [-0.3, -0.25) is 4.79 Å². The van der Waals surface area contributed by atoms with E-state index in [4.69, 9.17) is 11.6 Å². The van der Waals surface area contributed by atoms with Crippen molar-refractivity contribution < 1.29 is 4.79 Å². The average Bonchev–Trinajstić information content (AvgIpc) is 2.83. The molecule has 0 unspecified atom stereocenters. The van der Waals surface area contributed by atoms with Gasteiger partial charge in [0.2, 0.25) is 0 Å². The summed E-state index contributed by atoms with van der Waals surface area (Å²) in [4.78, 5) is 15.3.